The van der Waals surface area contributed by atoms with Crippen molar-refractivity contribution in [3.05, 3.63) is 29.8 Å². The molecule has 1 aromatic carbocycles. The zero-order chi connectivity index (χ0) is 14.3. The van der Waals surface area contributed by atoms with Crippen LogP contribution in [0.25, 0.3) is 0 Å². The summed E-state index contributed by atoms with van der Waals surface area (Å²) < 4.78 is 11.2. The summed E-state index contributed by atoms with van der Waals surface area (Å²) in [5.74, 6) is 0.901. The molecule has 0 saturated carbocycles. The highest BCUT2D eigenvalue weighted by Gasteiger charge is 2.57. The minimum Gasteiger partial charge on any atom is -0.497 e. The highest BCUT2D eigenvalue weighted by molar-refractivity contribution is 5.33. The SMILES string of the molecule is COc1cccc([C@@H]2OCC(C)(C)[C@@]2(O)C(C)C)c1. The van der Waals surface area contributed by atoms with E-state index < -0.39 is 5.60 Å². The minimum atomic E-state index is -0.876. The van der Waals surface area contributed by atoms with Crippen LogP contribution in [0.1, 0.15) is 39.4 Å². The molecule has 0 aliphatic carbocycles. The van der Waals surface area contributed by atoms with Gasteiger partial charge in [0.2, 0.25) is 0 Å². The molecule has 1 heterocycles. The maximum atomic E-state index is 11.2. The Morgan fingerprint density at radius 1 is 1.37 bits per heavy atom. The van der Waals surface area contributed by atoms with Gasteiger partial charge in [0.1, 0.15) is 17.5 Å². The molecule has 0 aromatic heterocycles. The first kappa shape index (κ1) is 14.4. The summed E-state index contributed by atoms with van der Waals surface area (Å²) >= 11 is 0. The van der Waals surface area contributed by atoms with Crippen molar-refractivity contribution >= 4 is 0 Å². The number of benzene rings is 1. The maximum absolute atomic E-state index is 11.2. The van der Waals surface area contributed by atoms with Gasteiger partial charge < -0.3 is 14.6 Å². The van der Waals surface area contributed by atoms with Crippen molar-refractivity contribution in [3.63, 3.8) is 0 Å². The fraction of sp³-hybridized carbons (Fsp3) is 0.625. The summed E-state index contributed by atoms with van der Waals surface area (Å²) in [4.78, 5) is 0. The normalized spacial score (nSPS) is 29.7. The van der Waals surface area contributed by atoms with E-state index in [1.54, 1.807) is 7.11 Å². The second-order valence-corrected chi connectivity index (χ2v) is 6.33. The lowest BCUT2D eigenvalue weighted by Gasteiger charge is -2.42. The van der Waals surface area contributed by atoms with Crippen LogP contribution in [0.15, 0.2) is 24.3 Å². The second kappa shape index (κ2) is 4.80. The van der Waals surface area contributed by atoms with E-state index in [0.29, 0.717) is 6.61 Å². The van der Waals surface area contributed by atoms with Crippen molar-refractivity contribution in [2.75, 3.05) is 13.7 Å². The summed E-state index contributed by atoms with van der Waals surface area (Å²) in [5, 5.41) is 11.2. The Morgan fingerprint density at radius 3 is 2.63 bits per heavy atom. The summed E-state index contributed by atoms with van der Waals surface area (Å²) in [6, 6.07) is 7.77. The third kappa shape index (κ3) is 2.15. The Labute approximate surface area is 115 Å². The van der Waals surface area contributed by atoms with Crippen LogP contribution in [0.3, 0.4) is 0 Å². The van der Waals surface area contributed by atoms with Gasteiger partial charge in [-0.2, -0.15) is 0 Å². The highest BCUT2D eigenvalue weighted by Crippen LogP contribution is 2.53. The van der Waals surface area contributed by atoms with Gasteiger partial charge in [-0.3, -0.25) is 0 Å². The van der Waals surface area contributed by atoms with Gasteiger partial charge in [0.15, 0.2) is 0 Å². The van der Waals surface area contributed by atoms with Gasteiger partial charge in [0.05, 0.1) is 13.7 Å². The van der Waals surface area contributed by atoms with Gasteiger partial charge in [-0.1, -0.05) is 39.8 Å². The van der Waals surface area contributed by atoms with Gasteiger partial charge in [-0.15, -0.1) is 0 Å². The van der Waals surface area contributed by atoms with Crippen molar-refractivity contribution < 1.29 is 14.6 Å². The lowest BCUT2D eigenvalue weighted by Crippen LogP contribution is -2.49. The zero-order valence-electron chi connectivity index (χ0n) is 12.4. The molecule has 0 unspecified atom stereocenters. The van der Waals surface area contributed by atoms with Gasteiger partial charge >= 0.3 is 0 Å². The third-order valence-electron chi connectivity index (χ3n) is 4.37. The van der Waals surface area contributed by atoms with E-state index in [1.165, 1.54) is 0 Å². The van der Waals surface area contributed by atoms with Gasteiger partial charge in [-0.25, -0.2) is 0 Å². The van der Waals surface area contributed by atoms with Crippen LogP contribution >= 0.6 is 0 Å². The number of hydrogen-bond acceptors (Lipinski definition) is 3. The van der Waals surface area contributed by atoms with Crippen molar-refractivity contribution in [2.45, 2.75) is 39.4 Å². The first-order valence-electron chi connectivity index (χ1n) is 6.81. The predicted octanol–water partition coefficient (Wildman–Crippen LogP) is 3.18. The van der Waals surface area contributed by atoms with E-state index >= 15 is 0 Å². The summed E-state index contributed by atoms with van der Waals surface area (Å²) in [5.41, 5.74) is -0.171. The largest absolute Gasteiger partial charge is 0.497 e. The number of ether oxygens (including phenoxy) is 2. The minimum absolute atomic E-state index is 0.112. The Morgan fingerprint density at radius 2 is 2.05 bits per heavy atom. The Balaban J connectivity index is 2.44. The van der Waals surface area contributed by atoms with E-state index in [-0.39, 0.29) is 17.4 Å². The molecule has 1 aliphatic heterocycles. The molecule has 2 rings (SSSR count). The highest BCUT2D eigenvalue weighted by atomic mass is 16.5. The molecule has 3 nitrogen and oxygen atoms in total. The molecule has 2 atom stereocenters. The van der Waals surface area contributed by atoms with E-state index in [2.05, 4.69) is 13.8 Å². The smallest absolute Gasteiger partial charge is 0.119 e. The first-order valence-corrected chi connectivity index (χ1v) is 6.81. The number of rotatable bonds is 3. The van der Waals surface area contributed by atoms with Crippen LogP contribution < -0.4 is 4.74 Å². The summed E-state index contributed by atoms with van der Waals surface area (Å²) in [6.07, 6.45) is -0.308. The lowest BCUT2D eigenvalue weighted by molar-refractivity contribution is -0.110. The molecule has 0 amide bonds. The van der Waals surface area contributed by atoms with Crippen LogP contribution in [0.2, 0.25) is 0 Å². The molecule has 3 heteroatoms. The fourth-order valence-corrected chi connectivity index (χ4v) is 3.13. The molecule has 0 bridgehead atoms. The van der Waals surface area contributed by atoms with Gasteiger partial charge in [0.25, 0.3) is 0 Å². The van der Waals surface area contributed by atoms with Crippen molar-refractivity contribution in [1.82, 2.24) is 0 Å². The predicted molar refractivity (Wildman–Crippen MR) is 75.3 cm³/mol. The van der Waals surface area contributed by atoms with E-state index in [0.717, 1.165) is 11.3 Å². The maximum Gasteiger partial charge on any atom is 0.119 e. The Kier molecular flexibility index (Phi) is 3.63. The molecular weight excluding hydrogens is 240 g/mol. The first-order chi connectivity index (χ1) is 8.83. The number of aliphatic hydroxyl groups is 1. The molecule has 1 saturated heterocycles. The van der Waals surface area contributed by atoms with Crippen molar-refractivity contribution in [1.29, 1.82) is 0 Å². The Hall–Kier alpha value is -1.06. The fourth-order valence-electron chi connectivity index (χ4n) is 3.13. The Bertz CT molecular complexity index is 453. The molecule has 1 aromatic rings. The standard InChI is InChI=1S/C16H24O3/c1-11(2)16(17)14(19-10-15(16,3)4)12-7-6-8-13(9-12)18-5/h6-9,11,14,17H,10H2,1-5H3/t14-,16+/m0/s1. The van der Waals surface area contributed by atoms with Crippen molar-refractivity contribution in [2.24, 2.45) is 11.3 Å². The average molecular weight is 264 g/mol. The number of methoxy groups -OCH3 is 1. The summed E-state index contributed by atoms with van der Waals surface area (Å²) in [6.45, 7) is 8.77. The summed E-state index contributed by atoms with van der Waals surface area (Å²) in [7, 11) is 1.65. The monoisotopic (exact) mass is 264 g/mol. The van der Waals surface area contributed by atoms with Gasteiger partial charge in [-0.05, 0) is 23.6 Å². The molecule has 106 valence electrons. The van der Waals surface area contributed by atoms with Crippen LogP contribution in [-0.4, -0.2) is 24.4 Å². The average Bonchev–Trinajstić information content (AvgIpc) is 2.62. The van der Waals surface area contributed by atoms with Crippen LogP contribution in [0, 0.1) is 11.3 Å². The zero-order valence-corrected chi connectivity index (χ0v) is 12.4. The molecule has 1 N–H and O–H groups in total. The molecule has 0 radical (unpaired) electrons. The molecule has 1 fully saturated rings. The van der Waals surface area contributed by atoms with E-state index in [1.807, 2.05) is 38.1 Å². The van der Waals surface area contributed by atoms with E-state index in [4.69, 9.17) is 9.47 Å². The van der Waals surface area contributed by atoms with Gasteiger partial charge in [0, 0.05) is 5.41 Å². The van der Waals surface area contributed by atoms with E-state index in [9.17, 15) is 5.11 Å². The molecular formula is C16H24O3. The van der Waals surface area contributed by atoms with Crippen molar-refractivity contribution in [3.8, 4) is 5.75 Å². The molecule has 19 heavy (non-hydrogen) atoms. The number of hydrogen-bond donors (Lipinski definition) is 1. The quantitative estimate of drug-likeness (QED) is 0.911. The molecule has 0 spiro atoms. The lowest BCUT2D eigenvalue weighted by atomic mass is 9.67. The van der Waals surface area contributed by atoms with Crippen LogP contribution in [0.5, 0.6) is 5.75 Å². The second-order valence-electron chi connectivity index (χ2n) is 6.33. The topological polar surface area (TPSA) is 38.7 Å². The molecule has 1 aliphatic rings. The third-order valence-corrected chi connectivity index (χ3v) is 4.37. The van der Waals surface area contributed by atoms with Crippen LogP contribution in [0.4, 0.5) is 0 Å². The van der Waals surface area contributed by atoms with Crippen LogP contribution in [-0.2, 0) is 4.74 Å².